The third kappa shape index (κ3) is 3.41. The van der Waals surface area contributed by atoms with Crippen molar-refractivity contribution in [1.82, 2.24) is 9.97 Å². The number of hydrogen-bond acceptors (Lipinski definition) is 5. The van der Waals surface area contributed by atoms with E-state index in [-0.39, 0.29) is 11.9 Å². The van der Waals surface area contributed by atoms with E-state index in [0.717, 1.165) is 23.5 Å². The topological polar surface area (TPSA) is 61.4 Å². The number of hydrogen-bond donors (Lipinski definition) is 1. The lowest BCUT2D eigenvalue weighted by atomic mass is 10.1. The van der Waals surface area contributed by atoms with Crippen LogP contribution in [0.3, 0.4) is 0 Å². The second-order valence-corrected chi connectivity index (χ2v) is 7.22. The van der Waals surface area contributed by atoms with Crippen LogP contribution in [0.1, 0.15) is 22.8 Å². The molecule has 28 heavy (non-hydrogen) atoms. The zero-order valence-corrected chi connectivity index (χ0v) is 16.3. The van der Waals surface area contributed by atoms with Crippen molar-refractivity contribution < 1.29 is 4.79 Å². The molecule has 6 heteroatoms. The summed E-state index contributed by atoms with van der Waals surface area (Å²) in [5.41, 5.74) is 4.67. The molecule has 2 aromatic carbocycles. The van der Waals surface area contributed by atoms with Gasteiger partial charge in [0.1, 0.15) is 0 Å². The summed E-state index contributed by atoms with van der Waals surface area (Å²) in [6.07, 6.45) is 4.03. The predicted octanol–water partition coefficient (Wildman–Crippen LogP) is 3.88. The van der Waals surface area contributed by atoms with Gasteiger partial charge in [0, 0.05) is 49.6 Å². The first kappa shape index (κ1) is 18.0. The Bertz CT molecular complexity index is 983. The summed E-state index contributed by atoms with van der Waals surface area (Å²) in [6, 6.07) is 16.1. The highest BCUT2D eigenvalue weighted by Crippen LogP contribution is 2.33. The van der Waals surface area contributed by atoms with Gasteiger partial charge in [0.15, 0.2) is 0 Å². The molecule has 0 saturated heterocycles. The Labute approximate surface area is 164 Å². The fourth-order valence-corrected chi connectivity index (χ4v) is 3.49. The van der Waals surface area contributed by atoms with Gasteiger partial charge >= 0.3 is 0 Å². The number of nitrogens with zero attached hydrogens (tertiary/aromatic N) is 4. The Morgan fingerprint density at radius 3 is 2.43 bits per heavy atom. The number of fused-ring (bicyclic) bond motifs is 1. The number of anilines is 4. The molecule has 0 radical (unpaired) electrons. The molecular weight excluding hydrogens is 350 g/mol. The fourth-order valence-electron chi connectivity index (χ4n) is 3.49. The lowest BCUT2D eigenvalue weighted by molar-refractivity contribution is 0.0981. The highest BCUT2D eigenvalue weighted by molar-refractivity contribution is 6.07. The molecule has 1 atom stereocenters. The number of para-hydroxylation sites is 1. The molecule has 1 N–H and O–H groups in total. The summed E-state index contributed by atoms with van der Waals surface area (Å²) in [6.45, 7) is 2.06. The van der Waals surface area contributed by atoms with Crippen molar-refractivity contribution in [2.24, 2.45) is 0 Å². The van der Waals surface area contributed by atoms with Crippen molar-refractivity contribution in [1.29, 1.82) is 0 Å². The van der Waals surface area contributed by atoms with E-state index in [1.54, 1.807) is 12.4 Å². The van der Waals surface area contributed by atoms with Crippen molar-refractivity contribution in [3.8, 4) is 0 Å². The smallest absolute Gasteiger partial charge is 0.261 e. The molecule has 6 nitrogen and oxygen atoms in total. The van der Waals surface area contributed by atoms with E-state index in [4.69, 9.17) is 0 Å². The monoisotopic (exact) mass is 373 g/mol. The van der Waals surface area contributed by atoms with Gasteiger partial charge in [0.25, 0.3) is 5.91 Å². The van der Waals surface area contributed by atoms with Crippen LogP contribution >= 0.6 is 0 Å². The van der Waals surface area contributed by atoms with E-state index in [1.807, 2.05) is 66.4 Å². The highest BCUT2D eigenvalue weighted by atomic mass is 16.2. The van der Waals surface area contributed by atoms with E-state index >= 15 is 0 Å². The van der Waals surface area contributed by atoms with Crippen LogP contribution in [0, 0.1) is 0 Å². The maximum absolute atomic E-state index is 13.0. The Morgan fingerprint density at radius 2 is 1.75 bits per heavy atom. The van der Waals surface area contributed by atoms with Crippen LogP contribution in [0.25, 0.3) is 0 Å². The largest absolute Gasteiger partial charge is 0.378 e. The number of carbonyl (C=O) groups is 1. The Hall–Kier alpha value is -3.41. The molecule has 1 aliphatic heterocycles. The standard InChI is InChI=1S/C22H23N5O/c1-15-12-16-6-4-5-7-20(16)27(15)21(28)17-13-23-22(24-14-17)25-18-8-10-19(11-9-18)26(2)3/h4-11,13-15H,12H2,1-3H3,(H,23,24,25). The molecular formula is C22H23N5O. The van der Waals surface area contributed by atoms with Crippen LogP contribution < -0.4 is 15.1 Å². The van der Waals surface area contributed by atoms with E-state index in [2.05, 4.69) is 28.3 Å². The average molecular weight is 373 g/mol. The van der Waals surface area contributed by atoms with Gasteiger partial charge in [0.2, 0.25) is 5.95 Å². The van der Waals surface area contributed by atoms with E-state index in [1.165, 1.54) is 5.56 Å². The maximum Gasteiger partial charge on any atom is 0.261 e. The van der Waals surface area contributed by atoms with Crippen molar-refractivity contribution in [2.45, 2.75) is 19.4 Å². The third-order valence-electron chi connectivity index (χ3n) is 4.96. The zero-order valence-electron chi connectivity index (χ0n) is 16.3. The van der Waals surface area contributed by atoms with Crippen LogP contribution in [-0.2, 0) is 6.42 Å². The lowest BCUT2D eigenvalue weighted by Crippen LogP contribution is -2.35. The number of rotatable bonds is 4. The highest BCUT2D eigenvalue weighted by Gasteiger charge is 2.31. The van der Waals surface area contributed by atoms with Crippen molar-refractivity contribution in [2.75, 3.05) is 29.2 Å². The lowest BCUT2D eigenvalue weighted by Gasteiger charge is -2.22. The number of carbonyl (C=O) groups excluding carboxylic acids is 1. The van der Waals surface area contributed by atoms with Gasteiger partial charge < -0.3 is 15.1 Å². The molecule has 1 aliphatic rings. The Balaban J connectivity index is 1.49. The molecule has 0 bridgehead atoms. The van der Waals surface area contributed by atoms with Crippen molar-refractivity contribution in [3.63, 3.8) is 0 Å². The molecule has 0 saturated carbocycles. The van der Waals surface area contributed by atoms with E-state index in [9.17, 15) is 4.79 Å². The molecule has 3 aromatic rings. The fraction of sp³-hybridized carbons (Fsp3) is 0.227. The zero-order chi connectivity index (χ0) is 19.7. The van der Waals surface area contributed by atoms with Crippen LogP contribution in [0.4, 0.5) is 23.0 Å². The van der Waals surface area contributed by atoms with Gasteiger partial charge in [-0.2, -0.15) is 0 Å². The minimum Gasteiger partial charge on any atom is -0.378 e. The van der Waals surface area contributed by atoms with E-state index < -0.39 is 0 Å². The second-order valence-electron chi connectivity index (χ2n) is 7.22. The molecule has 1 aromatic heterocycles. The molecule has 4 rings (SSSR count). The van der Waals surface area contributed by atoms with Gasteiger partial charge in [-0.05, 0) is 49.2 Å². The summed E-state index contributed by atoms with van der Waals surface area (Å²) in [5.74, 6) is 0.392. The molecule has 0 aliphatic carbocycles. The van der Waals surface area contributed by atoms with Crippen molar-refractivity contribution >= 4 is 28.9 Å². The third-order valence-corrected chi connectivity index (χ3v) is 4.96. The van der Waals surface area contributed by atoms with Gasteiger partial charge in [-0.15, -0.1) is 0 Å². The first-order valence-corrected chi connectivity index (χ1v) is 9.31. The van der Waals surface area contributed by atoms with Crippen LogP contribution in [0.15, 0.2) is 60.9 Å². The summed E-state index contributed by atoms with van der Waals surface area (Å²) < 4.78 is 0. The van der Waals surface area contributed by atoms with Crippen LogP contribution in [0.5, 0.6) is 0 Å². The van der Waals surface area contributed by atoms with Crippen molar-refractivity contribution in [3.05, 3.63) is 72.1 Å². The minimum absolute atomic E-state index is 0.0701. The molecule has 0 fully saturated rings. The molecule has 1 amide bonds. The number of nitrogens with one attached hydrogen (secondary N) is 1. The number of amides is 1. The quantitative estimate of drug-likeness (QED) is 0.752. The van der Waals surface area contributed by atoms with Gasteiger partial charge in [0.05, 0.1) is 5.56 Å². The Morgan fingerprint density at radius 1 is 1.07 bits per heavy atom. The Kier molecular flexibility index (Phi) is 4.69. The van der Waals surface area contributed by atoms with Gasteiger partial charge in [-0.1, -0.05) is 18.2 Å². The molecule has 1 unspecified atom stereocenters. The van der Waals surface area contributed by atoms with Gasteiger partial charge in [-0.3, -0.25) is 4.79 Å². The van der Waals surface area contributed by atoms with Crippen LogP contribution in [-0.4, -0.2) is 36.0 Å². The minimum atomic E-state index is -0.0701. The molecule has 0 spiro atoms. The maximum atomic E-state index is 13.0. The van der Waals surface area contributed by atoms with Gasteiger partial charge in [-0.25, -0.2) is 9.97 Å². The van der Waals surface area contributed by atoms with E-state index in [0.29, 0.717) is 11.5 Å². The number of benzene rings is 2. The summed E-state index contributed by atoms with van der Waals surface area (Å²) in [7, 11) is 4.00. The van der Waals surface area contributed by atoms with Crippen LogP contribution in [0.2, 0.25) is 0 Å². The molecule has 142 valence electrons. The summed E-state index contributed by atoms with van der Waals surface area (Å²) in [4.78, 5) is 25.5. The normalized spacial score (nSPS) is 15.2. The SMILES string of the molecule is CC1Cc2ccccc2N1C(=O)c1cnc(Nc2ccc(N(C)C)cc2)nc1. The first-order chi connectivity index (χ1) is 13.5. The number of aromatic nitrogens is 2. The average Bonchev–Trinajstić information content (AvgIpc) is 3.04. The molecule has 2 heterocycles. The summed E-state index contributed by atoms with van der Waals surface area (Å²) in [5, 5.41) is 3.16. The summed E-state index contributed by atoms with van der Waals surface area (Å²) >= 11 is 0. The predicted molar refractivity (Wildman–Crippen MR) is 113 cm³/mol. The second kappa shape index (κ2) is 7.31. The first-order valence-electron chi connectivity index (χ1n) is 9.31.